The highest BCUT2D eigenvalue weighted by Gasteiger charge is 2.20. The second-order valence-electron chi connectivity index (χ2n) is 5.38. The molecule has 0 bridgehead atoms. The normalized spacial score (nSPS) is 24.3. The van der Waals surface area contributed by atoms with Crippen molar-refractivity contribution in [3.8, 4) is 0 Å². The third kappa shape index (κ3) is 2.47. The average molecular weight is 261 g/mol. The van der Waals surface area contributed by atoms with E-state index in [1.807, 2.05) is 6.07 Å². The number of rotatable bonds is 2. The molecule has 2 atom stereocenters. The molecule has 2 unspecified atom stereocenters. The van der Waals surface area contributed by atoms with Crippen molar-refractivity contribution in [3.05, 3.63) is 22.6 Å². The number of H-pyrrole nitrogens is 1. The predicted molar refractivity (Wildman–Crippen MR) is 73.3 cm³/mol. The SMILES string of the molecule is CC1CCCCCC1Nc1ccc2n[nH]c(=O)n2n1. The Bertz CT molecular complexity index is 617. The summed E-state index contributed by atoms with van der Waals surface area (Å²) in [5.74, 6) is 1.39. The molecule has 1 fully saturated rings. The smallest absolute Gasteiger partial charge is 0.364 e. The topological polar surface area (TPSA) is 75.1 Å². The predicted octanol–water partition coefficient (Wildman–Crippen LogP) is 1.80. The summed E-state index contributed by atoms with van der Waals surface area (Å²) in [6.45, 7) is 2.28. The molecule has 1 aliphatic carbocycles. The van der Waals surface area contributed by atoms with Gasteiger partial charge in [-0.3, -0.25) is 0 Å². The van der Waals surface area contributed by atoms with Gasteiger partial charge in [-0.2, -0.15) is 9.61 Å². The summed E-state index contributed by atoms with van der Waals surface area (Å²) < 4.78 is 1.30. The minimum atomic E-state index is -0.299. The van der Waals surface area contributed by atoms with E-state index in [1.54, 1.807) is 6.07 Å². The van der Waals surface area contributed by atoms with E-state index < -0.39 is 0 Å². The molecule has 0 saturated heterocycles. The van der Waals surface area contributed by atoms with Crippen LogP contribution in [0.25, 0.3) is 5.65 Å². The number of aromatic amines is 1. The first kappa shape index (κ1) is 12.2. The minimum absolute atomic E-state index is 0.299. The largest absolute Gasteiger partial charge is 0.366 e. The molecule has 102 valence electrons. The molecule has 0 aliphatic heterocycles. The molecule has 0 spiro atoms. The van der Waals surface area contributed by atoms with E-state index in [9.17, 15) is 4.79 Å². The van der Waals surface area contributed by atoms with Gasteiger partial charge in [-0.15, -0.1) is 5.10 Å². The zero-order valence-corrected chi connectivity index (χ0v) is 11.1. The maximum Gasteiger partial charge on any atom is 0.364 e. The van der Waals surface area contributed by atoms with Gasteiger partial charge in [0.1, 0.15) is 5.82 Å². The van der Waals surface area contributed by atoms with Crippen molar-refractivity contribution in [1.82, 2.24) is 19.8 Å². The third-order valence-electron chi connectivity index (χ3n) is 3.97. The zero-order chi connectivity index (χ0) is 13.2. The summed E-state index contributed by atoms with van der Waals surface area (Å²) in [6, 6.07) is 4.12. The first-order chi connectivity index (χ1) is 9.24. The zero-order valence-electron chi connectivity index (χ0n) is 11.1. The lowest BCUT2D eigenvalue weighted by Crippen LogP contribution is -2.27. The molecule has 3 rings (SSSR count). The number of nitrogens with zero attached hydrogens (tertiary/aromatic N) is 3. The van der Waals surface area contributed by atoms with E-state index in [4.69, 9.17) is 0 Å². The monoisotopic (exact) mass is 261 g/mol. The third-order valence-corrected chi connectivity index (χ3v) is 3.97. The highest BCUT2D eigenvalue weighted by Crippen LogP contribution is 2.25. The number of fused-ring (bicyclic) bond motifs is 1. The summed E-state index contributed by atoms with van der Waals surface area (Å²) in [5.41, 5.74) is 0.247. The van der Waals surface area contributed by atoms with Gasteiger partial charge < -0.3 is 5.32 Å². The first-order valence-electron chi connectivity index (χ1n) is 6.95. The summed E-state index contributed by atoms with van der Waals surface area (Å²) in [7, 11) is 0. The highest BCUT2D eigenvalue weighted by atomic mass is 16.2. The van der Waals surface area contributed by atoms with Crippen LogP contribution in [0, 0.1) is 5.92 Å². The van der Waals surface area contributed by atoms with Crippen molar-refractivity contribution in [1.29, 1.82) is 0 Å². The summed E-state index contributed by atoms with van der Waals surface area (Å²) in [4.78, 5) is 11.5. The van der Waals surface area contributed by atoms with Crippen LogP contribution in [0.2, 0.25) is 0 Å². The van der Waals surface area contributed by atoms with Crippen molar-refractivity contribution >= 4 is 11.5 Å². The molecule has 2 aromatic heterocycles. The van der Waals surface area contributed by atoms with Gasteiger partial charge in [-0.25, -0.2) is 9.89 Å². The molecule has 1 saturated carbocycles. The molecule has 0 amide bonds. The van der Waals surface area contributed by atoms with Crippen molar-refractivity contribution < 1.29 is 0 Å². The molecule has 2 aromatic rings. The quantitative estimate of drug-likeness (QED) is 0.808. The Morgan fingerprint density at radius 2 is 2.16 bits per heavy atom. The lowest BCUT2D eigenvalue weighted by molar-refractivity contribution is 0.455. The maximum atomic E-state index is 11.5. The Balaban J connectivity index is 1.83. The van der Waals surface area contributed by atoms with Crippen LogP contribution >= 0.6 is 0 Å². The van der Waals surface area contributed by atoms with Gasteiger partial charge in [0.2, 0.25) is 0 Å². The molecular weight excluding hydrogens is 242 g/mol. The van der Waals surface area contributed by atoms with Gasteiger partial charge in [-0.1, -0.05) is 26.2 Å². The molecular formula is C13H19N5O. The van der Waals surface area contributed by atoms with Crippen LogP contribution in [-0.2, 0) is 0 Å². The number of hydrogen-bond acceptors (Lipinski definition) is 4. The number of hydrogen-bond donors (Lipinski definition) is 2. The lowest BCUT2D eigenvalue weighted by Gasteiger charge is -2.23. The Morgan fingerprint density at radius 1 is 1.32 bits per heavy atom. The molecule has 0 aromatic carbocycles. The van der Waals surface area contributed by atoms with Gasteiger partial charge in [0, 0.05) is 6.04 Å². The fraction of sp³-hybridized carbons (Fsp3) is 0.615. The fourth-order valence-corrected chi connectivity index (χ4v) is 2.78. The van der Waals surface area contributed by atoms with Crippen LogP contribution in [0.5, 0.6) is 0 Å². The highest BCUT2D eigenvalue weighted by molar-refractivity contribution is 5.43. The number of aromatic nitrogens is 4. The molecule has 2 heterocycles. The number of nitrogens with one attached hydrogen (secondary N) is 2. The van der Waals surface area contributed by atoms with E-state index in [1.165, 1.54) is 36.6 Å². The average Bonchev–Trinajstić information content (AvgIpc) is 2.65. The van der Waals surface area contributed by atoms with Crippen molar-refractivity contribution in [2.45, 2.75) is 45.1 Å². The Morgan fingerprint density at radius 3 is 3.05 bits per heavy atom. The maximum absolute atomic E-state index is 11.5. The van der Waals surface area contributed by atoms with Gasteiger partial charge in [0.25, 0.3) is 0 Å². The van der Waals surface area contributed by atoms with Gasteiger partial charge >= 0.3 is 5.69 Å². The second-order valence-corrected chi connectivity index (χ2v) is 5.38. The standard InChI is InChI=1S/C13H19N5O/c1-9-5-3-2-4-6-10(9)14-11-7-8-12-15-16-13(19)18(12)17-11/h7-10H,2-6H2,1H3,(H,14,17)(H,16,19). The van der Waals surface area contributed by atoms with Crippen molar-refractivity contribution in [2.24, 2.45) is 5.92 Å². The molecule has 6 nitrogen and oxygen atoms in total. The number of anilines is 1. The van der Waals surface area contributed by atoms with Gasteiger partial charge in [0.05, 0.1) is 0 Å². The summed E-state index contributed by atoms with van der Waals surface area (Å²) in [6.07, 6.45) is 6.31. The van der Waals surface area contributed by atoms with Crippen LogP contribution in [0.4, 0.5) is 5.82 Å². The van der Waals surface area contributed by atoms with E-state index in [0.717, 1.165) is 5.82 Å². The molecule has 1 aliphatic rings. The first-order valence-corrected chi connectivity index (χ1v) is 6.95. The van der Waals surface area contributed by atoms with Crippen LogP contribution < -0.4 is 11.0 Å². The van der Waals surface area contributed by atoms with Crippen LogP contribution in [0.15, 0.2) is 16.9 Å². The van der Waals surface area contributed by atoms with Gasteiger partial charge in [-0.05, 0) is 30.9 Å². The van der Waals surface area contributed by atoms with E-state index in [0.29, 0.717) is 17.6 Å². The van der Waals surface area contributed by atoms with Gasteiger partial charge in [0.15, 0.2) is 5.65 Å². The Labute approximate surface area is 111 Å². The molecule has 6 heteroatoms. The molecule has 2 N–H and O–H groups in total. The fourth-order valence-electron chi connectivity index (χ4n) is 2.78. The summed E-state index contributed by atoms with van der Waals surface area (Å²) >= 11 is 0. The van der Waals surface area contributed by atoms with Crippen molar-refractivity contribution in [3.63, 3.8) is 0 Å². The molecule has 19 heavy (non-hydrogen) atoms. The van der Waals surface area contributed by atoms with E-state index in [2.05, 4.69) is 27.5 Å². The van der Waals surface area contributed by atoms with E-state index >= 15 is 0 Å². The van der Waals surface area contributed by atoms with Crippen LogP contribution in [0.3, 0.4) is 0 Å². The molecule has 0 radical (unpaired) electrons. The van der Waals surface area contributed by atoms with Crippen LogP contribution in [0.1, 0.15) is 39.0 Å². The second kappa shape index (κ2) is 5.03. The van der Waals surface area contributed by atoms with Crippen LogP contribution in [-0.4, -0.2) is 25.9 Å². The Hall–Kier alpha value is -1.85. The van der Waals surface area contributed by atoms with Crippen molar-refractivity contribution in [2.75, 3.05) is 5.32 Å². The van der Waals surface area contributed by atoms with E-state index in [-0.39, 0.29) is 5.69 Å². The summed E-state index contributed by atoms with van der Waals surface area (Å²) in [5, 5.41) is 14.0. The lowest BCUT2D eigenvalue weighted by atomic mass is 9.97. The minimum Gasteiger partial charge on any atom is -0.366 e. The Kier molecular flexibility index (Phi) is 3.23.